The van der Waals surface area contributed by atoms with Crippen molar-refractivity contribution in [1.82, 2.24) is 10.2 Å². The van der Waals surface area contributed by atoms with E-state index in [1.807, 2.05) is 0 Å². The zero-order chi connectivity index (χ0) is 12.5. The SMILES string of the molecule is C1CCCC(CNCCN2CCCCCC2)CC1. The molecule has 0 aromatic carbocycles. The van der Waals surface area contributed by atoms with Gasteiger partial charge in [0.25, 0.3) is 0 Å². The Labute approximate surface area is 114 Å². The predicted octanol–water partition coefficient (Wildman–Crippen LogP) is 3.42. The lowest BCUT2D eigenvalue weighted by molar-refractivity contribution is 0.280. The van der Waals surface area contributed by atoms with Gasteiger partial charge in [-0.2, -0.15) is 0 Å². The Morgan fingerprint density at radius 1 is 0.778 bits per heavy atom. The van der Waals surface area contributed by atoms with E-state index in [2.05, 4.69) is 10.2 Å². The van der Waals surface area contributed by atoms with Gasteiger partial charge in [0, 0.05) is 13.1 Å². The Balaban J connectivity index is 1.51. The maximum absolute atomic E-state index is 3.71. The van der Waals surface area contributed by atoms with Crippen LogP contribution >= 0.6 is 0 Å². The fourth-order valence-corrected chi connectivity index (χ4v) is 3.47. The van der Waals surface area contributed by atoms with Crippen LogP contribution in [0.2, 0.25) is 0 Å². The lowest BCUT2D eigenvalue weighted by Gasteiger charge is -2.21. The molecular weight excluding hydrogens is 220 g/mol. The Kier molecular flexibility index (Phi) is 7.11. The molecule has 2 rings (SSSR count). The highest BCUT2D eigenvalue weighted by Gasteiger charge is 2.12. The molecule has 1 N–H and O–H groups in total. The predicted molar refractivity (Wildman–Crippen MR) is 79.0 cm³/mol. The molecule has 1 saturated heterocycles. The van der Waals surface area contributed by atoms with Crippen molar-refractivity contribution in [2.45, 2.75) is 64.2 Å². The van der Waals surface area contributed by atoms with Gasteiger partial charge in [0.05, 0.1) is 0 Å². The van der Waals surface area contributed by atoms with Gasteiger partial charge in [-0.1, -0.05) is 38.5 Å². The lowest BCUT2D eigenvalue weighted by atomic mass is 10.0. The van der Waals surface area contributed by atoms with Crippen molar-refractivity contribution in [1.29, 1.82) is 0 Å². The van der Waals surface area contributed by atoms with E-state index in [0.717, 1.165) is 5.92 Å². The Morgan fingerprint density at radius 2 is 1.39 bits per heavy atom. The standard InChI is InChI=1S/C16H32N2/c1-2-6-10-16(9-5-1)15-17-11-14-18-12-7-3-4-8-13-18/h16-17H,1-15H2. The summed E-state index contributed by atoms with van der Waals surface area (Å²) in [5.41, 5.74) is 0. The third-order valence-corrected chi connectivity index (χ3v) is 4.71. The molecule has 18 heavy (non-hydrogen) atoms. The zero-order valence-electron chi connectivity index (χ0n) is 12.1. The first-order valence-electron chi connectivity index (χ1n) is 8.38. The molecule has 0 radical (unpaired) electrons. The van der Waals surface area contributed by atoms with Crippen molar-refractivity contribution in [3.8, 4) is 0 Å². The van der Waals surface area contributed by atoms with Gasteiger partial charge in [-0.3, -0.25) is 0 Å². The summed E-state index contributed by atoms with van der Waals surface area (Å²) >= 11 is 0. The quantitative estimate of drug-likeness (QED) is 0.596. The van der Waals surface area contributed by atoms with E-state index in [-0.39, 0.29) is 0 Å². The molecule has 1 heterocycles. The van der Waals surface area contributed by atoms with Gasteiger partial charge in [-0.15, -0.1) is 0 Å². The normalized spacial score (nSPS) is 24.7. The first-order chi connectivity index (χ1) is 8.95. The first-order valence-corrected chi connectivity index (χ1v) is 8.38. The fourth-order valence-electron chi connectivity index (χ4n) is 3.47. The maximum Gasteiger partial charge on any atom is 0.0107 e. The third kappa shape index (κ3) is 5.71. The molecule has 1 aliphatic carbocycles. The highest BCUT2D eigenvalue weighted by atomic mass is 15.1. The largest absolute Gasteiger partial charge is 0.315 e. The van der Waals surface area contributed by atoms with E-state index in [0.29, 0.717) is 0 Å². The van der Waals surface area contributed by atoms with Crippen LogP contribution in [0.5, 0.6) is 0 Å². The van der Waals surface area contributed by atoms with Crippen LogP contribution in [0.1, 0.15) is 64.2 Å². The molecule has 0 atom stereocenters. The molecular formula is C16H32N2. The number of hydrogen-bond donors (Lipinski definition) is 1. The summed E-state index contributed by atoms with van der Waals surface area (Å²) in [5, 5.41) is 3.71. The third-order valence-electron chi connectivity index (χ3n) is 4.71. The summed E-state index contributed by atoms with van der Waals surface area (Å²) in [6, 6.07) is 0. The van der Waals surface area contributed by atoms with Crippen molar-refractivity contribution < 1.29 is 0 Å². The highest BCUT2D eigenvalue weighted by molar-refractivity contribution is 4.69. The van der Waals surface area contributed by atoms with Crippen LogP contribution < -0.4 is 5.32 Å². The van der Waals surface area contributed by atoms with Crippen molar-refractivity contribution in [3.05, 3.63) is 0 Å². The second-order valence-corrected chi connectivity index (χ2v) is 6.32. The van der Waals surface area contributed by atoms with Gasteiger partial charge in [-0.25, -0.2) is 0 Å². The van der Waals surface area contributed by atoms with Crippen LogP contribution in [0.15, 0.2) is 0 Å². The van der Waals surface area contributed by atoms with Gasteiger partial charge in [0.2, 0.25) is 0 Å². The van der Waals surface area contributed by atoms with Gasteiger partial charge in [0.15, 0.2) is 0 Å². The zero-order valence-corrected chi connectivity index (χ0v) is 12.1. The van der Waals surface area contributed by atoms with Gasteiger partial charge in [-0.05, 0) is 51.2 Å². The van der Waals surface area contributed by atoms with Crippen LogP contribution in [0.4, 0.5) is 0 Å². The Bertz CT molecular complexity index is 167. The number of hydrogen-bond acceptors (Lipinski definition) is 2. The van der Waals surface area contributed by atoms with Crippen LogP contribution in [0.25, 0.3) is 0 Å². The van der Waals surface area contributed by atoms with Crippen molar-refractivity contribution in [3.63, 3.8) is 0 Å². The van der Waals surface area contributed by atoms with Gasteiger partial charge < -0.3 is 10.2 Å². The van der Waals surface area contributed by atoms with E-state index in [4.69, 9.17) is 0 Å². The molecule has 0 bridgehead atoms. The van der Waals surface area contributed by atoms with E-state index >= 15 is 0 Å². The molecule has 0 aromatic heterocycles. The van der Waals surface area contributed by atoms with E-state index in [1.165, 1.54) is 96.9 Å². The fraction of sp³-hybridized carbons (Fsp3) is 1.00. The van der Waals surface area contributed by atoms with Crippen LogP contribution in [-0.4, -0.2) is 37.6 Å². The minimum absolute atomic E-state index is 0.969. The van der Waals surface area contributed by atoms with Crippen molar-refractivity contribution >= 4 is 0 Å². The molecule has 0 aromatic rings. The van der Waals surface area contributed by atoms with E-state index in [1.54, 1.807) is 0 Å². The van der Waals surface area contributed by atoms with Gasteiger partial charge >= 0.3 is 0 Å². The molecule has 2 aliphatic rings. The summed E-state index contributed by atoms with van der Waals surface area (Å²) in [7, 11) is 0. The Morgan fingerprint density at radius 3 is 2.06 bits per heavy atom. The lowest BCUT2D eigenvalue weighted by Crippen LogP contribution is -2.34. The molecule has 1 aliphatic heterocycles. The molecule has 1 saturated carbocycles. The monoisotopic (exact) mass is 252 g/mol. The molecule has 2 nitrogen and oxygen atoms in total. The molecule has 2 fully saturated rings. The minimum Gasteiger partial charge on any atom is -0.315 e. The molecule has 0 unspecified atom stereocenters. The number of likely N-dealkylation sites (tertiary alicyclic amines) is 1. The summed E-state index contributed by atoms with van der Waals surface area (Å²) in [6.45, 7) is 6.42. The van der Waals surface area contributed by atoms with Crippen LogP contribution in [0, 0.1) is 5.92 Å². The second kappa shape index (κ2) is 8.92. The molecule has 106 valence electrons. The molecule has 0 amide bonds. The summed E-state index contributed by atoms with van der Waals surface area (Å²) < 4.78 is 0. The van der Waals surface area contributed by atoms with E-state index < -0.39 is 0 Å². The number of nitrogens with zero attached hydrogens (tertiary/aromatic N) is 1. The average Bonchev–Trinajstić information content (AvgIpc) is 2.79. The smallest absolute Gasteiger partial charge is 0.0107 e. The van der Waals surface area contributed by atoms with Crippen molar-refractivity contribution in [2.24, 2.45) is 5.92 Å². The maximum atomic E-state index is 3.71. The number of nitrogens with one attached hydrogen (secondary N) is 1. The van der Waals surface area contributed by atoms with Crippen LogP contribution in [-0.2, 0) is 0 Å². The van der Waals surface area contributed by atoms with E-state index in [9.17, 15) is 0 Å². The molecule has 0 spiro atoms. The molecule has 2 heteroatoms. The number of rotatable bonds is 5. The average molecular weight is 252 g/mol. The summed E-state index contributed by atoms with van der Waals surface area (Å²) in [5.74, 6) is 0.969. The topological polar surface area (TPSA) is 15.3 Å². The second-order valence-electron chi connectivity index (χ2n) is 6.32. The van der Waals surface area contributed by atoms with Crippen LogP contribution in [0.3, 0.4) is 0 Å². The minimum atomic E-state index is 0.969. The summed E-state index contributed by atoms with van der Waals surface area (Å²) in [6.07, 6.45) is 14.6. The summed E-state index contributed by atoms with van der Waals surface area (Å²) in [4.78, 5) is 2.66. The van der Waals surface area contributed by atoms with Gasteiger partial charge in [0.1, 0.15) is 0 Å². The highest BCUT2D eigenvalue weighted by Crippen LogP contribution is 2.21. The Hall–Kier alpha value is -0.0800. The van der Waals surface area contributed by atoms with Crippen molar-refractivity contribution in [2.75, 3.05) is 32.7 Å². The first kappa shape index (κ1) is 14.3.